The summed E-state index contributed by atoms with van der Waals surface area (Å²) in [5.74, 6) is 0.926. The minimum absolute atomic E-state index is 0.110. The van der Waals surface area contributed by atoms with Crippen LogP contribution in [0.25, 0.3) is 5.70 Å². The highest BCUT2D eigenvalue weighted by atomic mass is 79.9. The first-order chi connectivity index (χ1) is 9.67. The third-order valence-corrected chi connectivity index (χ3v) is 3.94. The summed E-state index contributed by atoms with van der Waals surface area (Å²) in [6.45, 7) is 6.77. The Morgan fingerprint density at radius 3 is 2.75 bits per heavy atom. The predicted octanol–water partition coefficient (Wildman–Crippen LogP) is 3.61. The van der Waals surface area contributed by atoms with Crippen molar-refractivity contribution >= 4 is 27.5 Å². The van der Waals surface area contributed by atoms with Gasteiger partial charge in [-0.3, -0.25) is 4.79 Å². The maximum Gasteiger partial charge on any atom is 0.241 e. The van der Waals surface area contributed by atoms with E-state index in [1.807, 2.05) is 36.1 Å². The van der Waals surface area contributed by atoms with Crippen LogP contribution >= 0.6 is 15.9 Å². The number of ether oxygens (including phenoxy) is 1. The molecule has 0 fully saturated rings. The Bertz CT molecular complexity index is 522. The van der Waals surface area contributed by atoms with E-state index in [9.17, 15) is 4.79 Å². The number of benzene rings is 1. The van der Waals surface area contributed by atoms with E-state index in [0.717, 1.165) is 23.4 Å². The van der Waals surface area contributed by atoms with Gasteiger partial charge < -0.3 is 9.64 Å². The first kappa shape index (κ1) is 14.9. The number of carbonyl (C=O) groups is 1. The fraction of sp³-hybridized carbons (Fsp3) is 0.312. The summed E-state index contributed by atoms with van der Waals surface area (Å²) in [4.78, 5) is 13.8. The maximum absolute atomic E-state index is 12.2. The molecule has 1 unspecified atom stereocenters. The lowest BCUT2D eigenvalue weighted by atomic mass is 10.0. The van der Waals surface area contributed by atoms with Gasteiger partial charge in [0.25, 0.3) is 0 Å². The largest absolute Gasteiger partial charge is 0.490 e. The van der Waals surface area contributed by atoms with Gasteiger partial charge in [0, 0.05) is 12.2 Å². The Kier molecular flexibility index (Phi) is 5.01. The van der Waals surface area contributed by atoms with Crippen molar-refractivity contribution < 1.29 is 9.53 Å². The first-order valence-electron chi connectivity index (χ1n) is 6.67. The molecule has 4 heteroatoms. The number of hydrogen-bond acceptors (Lipinski definition) is 2. The van der Waals surface area contributed by atoms with Gasteiger partial charge in [0.1, 0.15) is 12.4 Å². The number of nitrogens with zero attached hydrogens (tertiary/aromatic N) is 1. The molecule has 0 saturated heterocycles. The number of amides is 1. The average molecular weight is 336 g/mol. The van der Waals surface area contributed by atoms with Crippen LogP contribution in [-0.2, 0) is 4.79 Å². The van der Waals surface area contributed by atoms with Crippen LogP contribution < -0.4 is 4.74 Å². The number of hydrogen-bond donors (Lipinski definition) is 0. The minimum Gasteiger partial charge on any atom is -0.490 e. The highest BCUT2D eigenvalue weighted by Gasteiger charge is 2.27. The normalized spacial score (nSPS) is 18.7. The molecule has 1 amide bonds. The van der Waals surface area contributed by atoms with E-state index >= 15 is 0 Å². The van der Waals surface area contributed by atoms with Crippen molar-refractivity contribution in [1.29, 1.82) is 0 Å². The van der Waals surface area contributed by atoms with Crippen LogP contribution in [-0.4, -0.2) is 28.8 Å². The van der Waals surface area contributed by atoms with Crippen molar-refractivity contribution in [3.05, 3.63) is 48.6 Å². The standard InChI is InChI=1S/C16H18BrNO2/c1-3-11-20-13-7-5-12(6-8-13)15-10-9-14(17)16(19)18(15)4-2/h3,5-8,10,14H,1,4,9,11H2,2H3. The molecule has 0 N–H and O–H groups in total. The van der Waals surface area contributed by atoms with E-state index in [4.69, 9.17) is 4.74 Å². The lowest BCUT2D eigenvalue weighted by Crippen LogP contribution is -2.38. The molecule has 0 aromatic heterocycles. The number of halogens is 1. The van der Waals surface area contributed by atoms with E-state index in [-0.39, 0.29) is 10.7 Å². The molecule has 0 spiro atoms. The second-order valence-corrected chi connectivity index (χ2v) is 5.60. The molecule has 2 rings (SSSR count). The molecule has 20 heavy (non-hydrogen) atoms. The molecule has 3 nitrogen and oxygen atoms in total. The number of carbonyl (C=O) groups excluding carboxylic acids is 1. The lowest BCUT2D eigenvalue weighted by Gasteiger charge is -2.30. The SMILES string of the molecule is C=CCOc1ccc(C2=CCC(Br)C(=O)N2CC)cc1. The van der Waals surface area contributed by atoms with Crippen molar-refractivity contribution in [3.63, 3.8) is 0 Å². The van der Waals surface area contributed by atoms with E-state index in [0.29, 0.717) is 13.2 Å². The quantitative estimate of drug-likeness (QED) is 0.607. The van der Waals surface area contributed by atoms with Gasteiger partial charge in [0.05, 0.1) is 4.83 Å². The van der Waals surface area contributed by atoms with Gasteiger partial charge >= 0.3 is 0 Å². The molecule has 0 saturated carbocycles. The summed E-state index contributed by atoms with van der Waals surface area (Å²) >= 11 is 3.41. The van der Waals surface area contributed by atoms with Crippen LogP contribution in [0.4, 0.5) is 0 Å². The van der Waals surface area contributed by atoms with Gasteiger partial charge in [-0.25, -0.2) is 0 Å². The van der Waals surface area contributed by atoms with E-state index in [1.165, 1.54) is 0 Å². The molecular weight excluding hydrogens is 318 g/mol. The molecule has 1 atom stereocenters. The highest BCUT2D eigenvalue weighted by Crippen LogP contribution is 2.29. The molecule has 106 valence electrons. The van der Waals surface area contributed by atoms with Crippen LogP contribution in [0.1, 0.15) is 18.9 Å². The van der Waals surface area contributed by atoms with Gasteiger partial charge in [-0.15, -0.1) is 0 Å². The lowest BCUT2D eigenvalue weighted by molar-refractivity contribution is -0.127. The number of alkyl halides is 1. The van der Waals surface area contributed by atoms with Gasteiger partial charge in [-0.05, 0) is 43.2 Å². The Balaban J connectivity index is 2.21. The van der Waals surface area contributed by atoms with Gasteiger partial charge in [-0.2, -0.15) is 0 Å². The molecule has 1 aliphatic rings. The summed E-state index contributed by atoms with van der Waals surface area (Å²) in [6, 6.07) is 7.79. The zero-order valence-electron chi connectivity index (χ0n) is 11.5. The number of rotatable bonds is 5. The maximum atomic E-state index is 12.2. The van der Waals surface area contributed by atoms with Crippen LogP contribution in [0.5, 0.6) is 5.75 Å². The fourth-order valence-corrected chi connectivity index (χ4v) is 2.62. The predicted molar refractivity (Wildman–Crippen MR) is 84.8 cm³/mol. The molecule has 0 radical (unpaired) electrons. The second-order valence-electron chi connectivity index (χ2n) is 4.50. The molecule has 1 aromatic rings. The van der Waals surface area contributed by atoms with Crippen molar-refractivity contribution in [2.45, 2.75) is 18.2 Å². The Morgan fingerprint density at radius 1 is 1.45 bits per heavy atom. The zero-order chi connectivity index (χ0) is 14.5. The average Bonchev–Trinajstić information content (AvgIpc) is 2.48. The summed E-state index contributed by atoms with van der Waals surface area (Å²) in [7, 11) is 0. The van der Waals surface area contributed by atoms with Crippen molar-refractivity contribution in [2.75, 3.05) is 13.2 Å². The summed E-state index contributed by atoms with van der Waals surface area (Å²) < 4.78 is 5.46. The second kappa shape index (κ2) is 6.75. The number of allylic oxidation sites excluding steroid dienone is 1. The van der Waals surface area contributed by atoms with Crippen LogP contribution in [0.2, 0.25) is 0 Å². The summed E-state index contributed by atoms with van der Waals surface area (Å²) in [5.41, 5.74) is 2.01. The molecule has 0 bridgehead atoms. The Morgan fingerprint density at radius 2 is 2.15 bits per heavy atom. The van der Waals surface area contributed by atoms with E-state index in [2.05, 4.69) is 28.6 Å². The van der Waals surface area contributed by atoms with Crippen molar-refractivity contribution in [2.24, 2.45) is 0 Å². The highest BCUT2D eigenvalue weighted by molar-refractivity contribution is 9.10. The zero-order valence-corrected chi connectivity index (χ0v) is 13.1. The molecule has 0 aliphatic carbocycles. The van der Waals surface area contributed by atoms with Gasteiger partial charge in [-0.1, -0.05) is 34.7 Å². The first-order valence-corrected chi connectivity index (χ1v) is 7.58. The Labute approximate surface area is 128 Å². The molecule has 1 aromatic carbocycles. The molecular formula is C16H18BrNO2. The van der Waals surface area contributed by atoms with Crippen LogP contribution in [0.3, 0.4) is 0 Å². The molecule has 1 heterocycles. The van der Waals surface area contributed by atoms with Crippen LogP contribution in [0, 0.1) is 0 Å². The minimum atomic E-state index is -0.110. The van der Waals surface area contributed by atoms with E-state index < -0.39 is 0 Å². The summed E-state index contributed by atoms with van der Waals surface area (Å²) in [5, 5.41) is 0. The van der Waals surface area contributed by atoms with Crippen molar-refractivity contribution in [3.8, 4) is 5.75 Å². The topological polar surface area (TPSA) is 29.5 Å². The molecule has 1 aliphatic heterocycles. The monoisotopic (exact) mass is 335 g/mol. The Hall–Kier alpha value is -1.55. The third kappa shape index (κ3) is 3.12. The van der Waals surface area contributed by atoms with Gasteiger partial charge in [0.15, 0.2) is 0 Å². The van der Waals surface area contributed by atoms with Crippen molar-refractivity contribution in [1.82, 2.24) is 4.90 Å². The summed E-state index contributed by atoms with van der Waals surface area (Å²) in [6.07, 6.45) is 4.54. The van der Waals surface area contributed by atoms with E-state index in [1.54, 1.807) is 6.08 Å². The van der Waals surface area contributed by atoms with Gasteiger partial charge in [0.2, 0.25) is 5.91 Å². The fourth-order valence-electron chi connectivity index (χ4n) is 2.19. The third-order valence-electron chi connectivity index (χ3n) is 3.18. The van der Waals surface area contributed by atoms with Crippen LogP contribution in [0.15, 0.2) is 43.0 Å². The smallest absolute Gasteiger partial charge is 0.241 e.